The lowest BCUT2D eigenvalue weighted by Gasteiger charge is -2.16. The highest BCUT2D eigenvalue weighted by atomic mass is 79.9. The van der Waals surface area contributed by atoms with E-state index in [4.69, 9.17) is 4.74 Å². The van der Waals surface area contributed by atoms with Crippen LogP contribution in [0.1, 0.15) is 18.4 Å². The Bertz CT molecular complexity index is 1140. The normalized spacial score (nSPS) is 11.4. The molecule has 1 heterocycles. The fourth-order valence-corrected chi connectivity index (χ4v) is 4.33. The van der Waals surface area contributed by atoms with E-state index in [9.17, 15) is 4.79 Å². The predicted octanol–water partition coefficient (Wildman–Crippen LogP) is 6.68. The lowest BCUT2D eigenvalue weighted by atomic mass is 10.1. The molecular formula is C24H21Br2NO2. The van der Waals surface area contributed by atoms with Crippen molar-refractivity contribution in [3.05, 3.63) is 91.5 Å². The summed E-state index contributed by atoms with van der Waals surface area (Å²) in [6.07, 6.45) is 1.95. The van der Waals surface area contributed by atoms with Crippen LogP contribution in [-0.2, 0) is 17.9 Å². The van der Waals surface area contributed by atoms with Gasteiger partial charge in [-0.05, 0) is 54.8 Å². The molecule has 0 unspecified atom stereocenters. The number of halogens is 2. The minimum absolute atomic E-state index is 0.0695. The van der Waals surface area contributed by atoms with Gasteiger partial charge in [0.15, 0.2) is 5.43 Å². The fraction of sp³-hybridized carbons (Fsp3) is 0.208. The molecule has 5 heteroatoms. The molecular weight excluding hydrogens is 494 g/mol. The van der Waals surface area contributed by atoms with E-state index in [0.717, 1.165) is 56.7 Å². The summed E-state index contributed by atoms with van der Waals surface area (Å²) in [4.78, 5) is 13.0. The van der Waals surface area contributed by atoms with Crippen molar-refractivity contribution < 1.29 is 4.74 Å². The van der Waals surface area contributed by atoms with Gasteiger partial charge < -0.3 is 9.30 Å². The summed E-state index contributed by atoms with van der Waals surface area (Å²) in [5.74, 6) is 0. The number of fused-ring (bicyclic) bond motifs is 2. The molecule has 4 rings (SSSR count). The van der Waals surface area contributed by atoms with Crippen LogP contribution in [0.2, 0.25) is 0 Å². The summed E-state index contributed by atoms with van der Waals surface area (Å²) in [7, 11) is 0. The Morgan fingerprint density at radius 2 is 1.41 bits per heavy atom. The van der Waals surface area contributed by atoms with Crippen molar-refractivity contribution >= 4 is 53.7 Å². The van der Waals surface area contributed by atoms with Gasteiger partial charge in [0.2, 0.25) is 0 Å². The minimum atomic E-state index is 0.0695. The van der Waals surface area contributed by atoms with Crippen molar-refractivity contribution in [1.82, 2.24) is 4.57 Å². The van der Waals surface area contributed by atoms with E-state index in [2.05, 4.69) is 48.6 Å². The molecule has 0 aliphatic heterocycles. The second-order valence-corrected chi connectivity index (χ2v) is 8.88. The van der Waals surface area contributed by atoms with Gasteiger partial charge in [-0.3, -0.25) is 4.79 Å². The van der Waals surface area contributed by atoms with E-state index >= 15 is 0 Å². The van der Waals surface area contributed by atoms with Gasteiger partial charge in [-0.15, -0.1) is 0 Å². The van der Waals surface area contributed by atoms with Gasteiger partial charge in [0.25, 0.3) is 0 Å². The number of unbranched alkanes of at least 4 members (excludes halogenated alkanes) is 1. The fourth-order valence-electron chi connectivity index (χ4n) is 3.61. The van der Waals surface area contributed by atoms with Crippen LogP contribution < -0.4 is 5.43 Å². The smallest absolute Gasteiger partial charge is 0.197 e. The van der Waals surface area contributed by atoms with Crippen LogP contribution in [-0.4, -0.2) is 11.2 Å². The van der Waals surface area contributed by atoms with Gasteiger partial charge in [0.05, 0.1) is 17.6 Å². The molecule has 0 amide bonds. The summed E-state index contributed by atoms with van der Waals surface area (Å²) in [6.45, 7) is 2.21. The van der Waals surface area contributed by atoms with Gasteiger partial charge in [-0.2, -0.15) is 0 Å². The van der Waals surface area contributed by atoms with Crippen LogP contribution in [0.4, 0.5) is 0 Å². The Morgan fingerprint density at radius 1 is 0.793 bits per heavy atom. The molecule has 0 atom stereocenters. The Balaban J connectivity index is 1.53. The van der Waals surface area contributed by atoms with Gasteiger partial charge in [0, 0.05) is 32.9 Å². The SMILES string of the molecule is O=c1c2cc(Br)ccc2n(CCCCOCc2ccccc2)c2ccc(Br)cc12. The predicted molar refractivity (Wildman–Crippen MR) is 126 cm³/mol. The third-order valence-corrected chi connectivity index (χ3v) is 6.01. The first kappa shape index (κ1) is 20.3. The molecule has 0 aliphatic carbocycles. The third-order valence-electron chi connectivity index (χ3n) is 5.02. The number of rotatable bonds is 7. The second kappa shape index (κ2) is 9.24. The first-order valence-corrected chi connectivity index (χ1v) is 11.2. The molecule has 0 bridgehead atoms. The van der Waals surface area contributed by atoms with Crippen LogP contribution in [0.3, 0.4) is 0 Å². The monoisotopic (exact) mass is 513 g/mol. The average Bonchev–Trinajstić information content (AvgIpc) is 2.73. The van der Waals surface area contributed by atoms with Gasteiger partial charge in [0.1, 0.15) is 0 Å². The zero-order valence-electron chi connectivity index (χ0n) is 15.9. The summed E-state index contributed by atoms with van der Waals surface area (Å²) in [5, 5.41) is 1.48. The molecule has 0 radical (unpaired) electrons. The second-order valence-electron chi connectivity index (χ2n) is 7.05. The zero-order valence-corrected chi connectivity index (χ0v) is 19.1. The Labute approximate surface area is 186 Å². The minimum Gasteiger partial charge on any atom is -0.377 e. The van der Waals surface area contributed by atoms with Crippen molar-refractivity contribution in [2.45, 2.75) is 26.0 Å². The molecule has 3 nitrogen and oxygen atoms in total. The number of nitrogens with zero attached hydrogens (tertiary/aromatic N) is 1. The molecule has 3 aromatic carbocycles. The molecule has 1 aromatic heterocycles. The molecule has 0 saturated carbocycles. The number of hydrogen-bond donors (Lipinski definition) is 0. The zero-order chi connectivity index (χ0) is 20.2. The lowest BCUT2D eigenvalue weighted by Crippen LogP contribution is -2.12. The van der Waals surface area contributed by atoms with Gasteiger partial charge in [-0.25, -0.2) is 0 Å². The highest BCUT2D eigenvalue weighted by Crippen LogP contribution is 2.25. The standard InChI is InChI=1S/C24H21Br2NO2/c25-18-8-10-22-20(14-18)24(28)21-15-19(26)9-11-23(21)27(22)12-4-5-13-29-16-17-6-2-1-3-7-17/h1-3,6-11,14-15H,4-5,12-13,16H2. The van der Waals surface area contributed by atoms with Crippen molar-refractivity contribution in [3.8, 4) is 0 Å². The number of benzene rings is 3. The third kappa shape index (κ3) is 4.63. The molecule has 0 N–H and O–H groups in total. The summed E-state index contributed by atoms with van der Waals surface area (Å²) in [6, 6.07) is 22.1. The number of hydrogen-bond acceptors (Lipinski definition) is 2. The first-order chi connectivity index (χ1) is 14.1. The number of aryl methyl sites for hydroxylation is 1. The molecule has 29 heavy (non-hydrogen) atoms. The molecule has 0 fully saturated rings. The quantitative estimate of drug-likeness (QED) is 0.203. The Kier molecular flexibility index (Phi) is 6.48. The molecule has 148 valence electrons. The van der Waals surface area contributed by atoms with E-state index in [-0.39, 0.29) is 5.43 Å². The molecule has 4 aromatic rings. The van der Waals surface area contributed by atoms with E-state index in [1.165, 1.54) is 5.56 Å². The van der Waals surface area contributed by atoms with Crippen LogP contribution in [0.5, 0.6) is 0 Å². The summed E-state index contributed by atoms with van der Waals surface area (Å²) >= 11 is 6.99. The Hall–Kier alpha value is -1.95. The van der Waals surface area contributed by atoms with Crippen molar-refractivity contribution in [1.29, 1.82) is 0 Å². The lowest BCUT2D eigenvalue weighted by molar-refractivity contribution is 0.116. The largest absolute Gasteiger partial charge is 0.377 e. The summed E-state index contributed by atoms with van der Waals surface area (Å²) in [5.41, 5.74) is 3.21. The maximum atomic E-state index is 13.0. The molecule has 0 saturated heterocycles. The number of pyridine rings is 1. The summed E-state index contributed by atoms with van der Waals surface area (Å²) < 4.78 is 9.89. The number of ether oxygens (including phenoxy) is 1. The first-order valence-electron chi connectivity index (χ1n) is 9.66. The van der Waals surface area contributed by atoms with E-state index in [0.29, 0.717) is 6.61 Å². The Morgan fingerprint density at radius 3 is 2.03 bits per heavy atom. The van der Waals surface area contributed by atoms with E-state index in [1.807, 2.05) is 54.6 Å². The van der Waals surface area contributed by atoms with Crippen LogP contribution >= 0.6 is 31.9 Å². The van der Waals surface area contributed by atoms with Crippen molar-refractivity contribution in [3.63, 3.8) is 0 Å². The van der Waals surface area contributed by atoms with Gasteiger partial charge in [-0.1, -0.05) is 62.2 Å². The van der Waals surface area contributed by atoms with E-state index in [1.54, 1.807) is 0 Å². The highest BCUT2D eigenvalue weighted by molar-refractivity contribution is 9.10. The van der Waals surface area contributed by atoms with Crippen LogP contribution in [0, 0.1) is 0 Å². The average molecular weight is 515 g/mol. The molecule has 0 aliphatic rings. The maximum Gasteiger partial charge on any atom is 0.197 e. The van der Waals surface area contributed by atoms with Gasteiger partial charge >= 0.3 is 0 Å². The van der Waals surface area contributed by atoms with Crippen molar-refractivity contribution in [2.75, 3.05) is 6.61 Å². The molecule has 0 spiro atoms. The van der Waals surface area contributed by atoms with Crippen LogP contribution in [0.25, 0.3) is 21.8 Å². The maximum absolute atomic E-state index is 13.0. The number of aromatic nitrogens is 1. The van der Waals surface area contributed by atoms with Crippen LogP contribution in [0.15, 0.2) is 80.5 Å². The topological polar surface area (TPSA) is 31.2 Å². The highest BCUT2D eigenvalue weighted by Gasteiger charge is 2.11. The van der Waals surface area contributed by atoms with E-state index < -0.39 is 0 Å². The van der Waals surface area contributed by atoms with Crippen molar-refractivity contribution in [2.24, 2.45) is 0 Å².